The molecule has 0 saturated carbocycles. The summed E-state index contributed by atoms with van der Waals surface area (Å²) in [6, 6.07) is -0.504. The van der Waals surface area contributed by atoms with Gasteiger partial charge in [-0.05, 0) is 34.6 Å². The molecule has 1 unspecified atom stereocenters. The minimum atomic E-state index is -0.627. The largest absolute Gasteiger partial charge is 0.468 e. The Kier molecular flexibility index (Phi) is 4.21. The molecule has 7 nitrogen and oxygen atoms in total. The fraction of sp³-hybridized carbons (Fsp3) is 0.938. The number of hydrogen-bond donors (Lipinski definition) is 0. The Balaban J connectivity index is 1.84. The Morgan fingerprint density at radius 2 is 1.78 bits per heavy atom. The van der Waals surface area contributed by atoms with Crippen LogP contribution >= 0.6 is 0 Å². The first-order valence-corrected chi connectivity index (χ1v) is 8.14. The van der Waals surface area contributed by atoms with Crippen molar-refractivity contribution in [3.05, 3.63) is 0 Å². The molecule has 0 spiro atoms. The zero-order valence-electron chi connectivity index (χ0n) is 14.7. The lowest BCUT2D eigenvalue weighted by atomic mass is 10.0. The number of methoxy groups -OCH3 is 1. The zero-order chi connectivity index (χ0) is 17.0. The number of nitrogens with zero attached hydrogens (tertiary/aromatic N) is 1. The summed E-state index contributed by atoms with van der Waals surface area (Å²) >= 11 is 0. The monoisotopic (exact) mass is 329 g/mol. The maximum Gasteiger partial charge on any atom is 0.322 e. The Morgan fingerprint density at radius 3 is 2.35 bits per heavy atom. The number of likely N-dealkylation sites (tertiary alicyclic amines) is 1. The standard InChI is InChI=1S/C16H27NO6/c1-9(14(18)19-6)17-7-10-13(23-16(4,5)21-10)12(17)11-8-20-15(2,3)22-11/h9-13H,7-8H2,1-6H3/t9-,10-,11?,12+,13-/m0/s1. The van der Waals surface area contributed by atoms with E-state index in [4.69, 9.17) is 23.7 Å². The molecule has 7 heteroatoms. The average molecular weight is 329 g/mol. The third-order valence-corrected chi connectivity index (χ3v) is 4.78. The van der Waals surface area contributed by atoms with Crippen LogP contribution in [0.1, 0.15) is 34.6 Å². The van der Waals surface area contributed by atoms with E-state index in [9.17, 15) is 4.79 Å². The van der Waals surface area contributed by atoms with Crippen LogP contribution in [-0.4, -0.2) is 73.1 Å². The van der Waals surface area contributed by atoms with Gasteiger partial charge in [0.25, 0.3) is 0 Å². The molecular weight excluding hydrogens is 302 g/mol. The number of carbonyl (C=O) groups excluding carboxylic acids is 1. The first-order chi connectivity index (χ1) is 10.6. The lowest BCUT2D eigenvalue weighted by Gasteiger charge is -2.35. The number of esters is 1. The summed E-state index contributed by atoms with van der Waals surface area (Å²) in [6.45, 7) is 10.5. The molecule has 3 aliphatic heterocycles. The number of ether oxygens (including phenoxy) is 5. The Bertz CT molecular complexity index is 479. The van der Waals surface area contributed by atoms with Crippen LogP contribution in [0.15, 0.2) is 0 Å². The molecule has 3 aliphatic rings. The van der Waals surface area contributed by atoms with Crippen molar-refractivity contribution < 1.29 is 28.5 Å². The van der Waals surface area contributed by atoms with Crippen LogP contribution in [0.3, 0.4) is 0 Å². The minimum Gasteiger partial charge on any atom is -0.468 e. The Labute approximate surface area is 137 Å². The van der Waals surface area contributed by atoms with E-state index in [1.807, 2.05) is 34.6 Å². The highest BCUT2D eigenvalue weighted by molar-refractivity contribution is 5.75. The van der Waals surface area contributed by atoms with Gasteiger partial charge in [0.1, 0.15) is 24.4 Å². The molecule has 132 valence electrons. The van der Waals surface area contributed by atoms with E-state index in [1.165, 1.54) is 7.11 Å². The van der Waals surface area contributed by atoms with Crippen molar-refractivity contribution in [2.24, 2.45) is 0 Å². The van der Waals surface area contributed by atoms with E-state index in [0.29, 0.717) is 13.2 Å². The highest BCUT2D eigenvalue weighted by Gasteiger charge is 2.58. The van der Waals surface area contributed by atoms with Gasteiger partial charge in [-0.2, -0.15) is 0 Å². The molecule has 0 aromatic carbocycles. The van der Waals surface area contributed by atoms with E-state index < -0.39 is 17.6 Å². The van der Waals surface area contributed by atoms with Crippen LogP contribution in [0.5, 0.6) is 0 Å². The van der Waals surface area contributed by atoms with Gasteiger partial charge >= 0.3 is 5.97 Å². The normalized spacial score (nSPS) is 40.1. The van der Waals surface area contributed by atoms with Gasteiger partial charge < -0.3 is 23.7 Å². The second-order valence-electron chi connectivity index (χ2n) is 7.39. The van der Waals surface area contributed by atoms with E-state index in [1.54, 1.807) is 0 Å². The first-order valence-electron chi connectivity index (χ1n) is 8.14. The summed E-state index contributed by atoms with van der Waals surface area (Å²) in [5, 5.41) is 0. The fourth-order valence-electron chi connectivity index (χ4n) is 3.84. The van der Waals surface area contributed by atoms with Crippen molar-refractivity contribution in [1.29, 1.82) is 0 Å². The van der Waals surface area contributed by atoms with E-state index in [-0.39, 0.29) is 30.3 Å². The van der Waals surface area contributed by atoms with Gasteiger partial charge in [-0.15, -0.1) is 0 Å². The van der Waals surface area contributed by atoms with E-state index >= 15 is 0 Å². The van der Waals surface area contributed by atoms with Gasteiger partial charge in [0.05, 0.1) is 19.8 Å². The van der Waals surface area contributed by atoms with Crippen LogP contribution in [0.2, 0.25) is 0 Å². The van der Waals surface area contributed by atoms with Crippen molar-refractivity contribution in [3.8, 4) is 0 Å². The first kappa shape index (κ1) is 17.1. The highest BCUT2D eigenvalue weighted by atomic mass is 16.8. The Morgan fingerprint density at radius 1 is 1.13 bits per heavy atom. The summed E-state index contributed by atoms with van der Waals surface area (Å²) in [4.78, 5) is 14.1. The van der Waals surface area contributed by atoms with Crippen molar-refractivity contribution in [3.63, 3.8) is 0 Å². The van der Waals surface area contributed by atoms with Gasteiger partial charge in [0.2, 0.25) is 0 Å². The SMILES string of the molecule is COC(=O)[C@H](C)N1C[C@@H]2OC(C)(C)O[C@@H]2[C@H]1C1COC(C)(C)O1. The molecule has 5 atom stereocenters. The molecule has 0 aromatic heterocycles. The molecular formula is C16H27NO6. The van der Waals surface area contributed by atoms with Crippen LogP contribution in [0, 0.1) is 0 Å². The van der Waals surface area contributed by atoms with Gasteiger partial charge in [-0.1, -0.05) is 0 Å². The van der Waals surface area contributed by atoms with Crippen LogP contribution in [0.25, 0.3) is 0 Å². The topological polar surface area (TPSA) is 66.5 Å². The van der Waals surface area contributed by atoms with Crippen LogP contribution in [-0.2, 0) is 28.5 Å². The molecule has 0 amide bonds. The smallest absolute Gasteiger partial charge is 0.322 e. The molecule has 0 radical (unpaired) electrons. The molecule has 0 aromatic rings. The molecule has 3 fully saturated rings. The average Bonchev–Trinajstić information content (AvgIpc) is 3.05. The molecule has 3 heterocycles. The summed E-state index contributed by atoms with van der Waals surface area (Å²) in [5.41, 5.74) is 0. The van der Waals surface area contributed by atoms with Crippen molar-refractivity contribution >= 4 is 5.97 Å². The van der Waals surface area contributed by atoms with Gasteiger partial charge in [0.15, 0.2) is 11.6 Å². The summed E-state index contributed by atoms with van der Waals surface area (Å²) in [6.07, 6.45) is -0.418. The van der Waals surface area contributed by atoms with Gasteiger partial charge in [-0.25, -0.2) is 0 Å². The molecule has 0 N–H and O–H groups in total. The minimum absolute atomic E-state index is 0.0885. The van der Waals surface area contributed by atoms with Gasteiger partial charge in [0, 0.05) is 6.54 Å². The molecule has 0 aliphatic carbocycles. The zero-order valence-corrected chi connectivity index (χ0v) is 14.7. The Hall–Kier alpha value is -0.730. The fourth-order valence-corrected chi connectivity index (χ4v) is 3.84. The maximum absolute atomic E-state index is 12.0. The maximum atomic E-state index is 12.0. The summed E-state index contributed by atoms with van der Waals surface area (Å²) < 4.78 is 28.8. The third kappa shape index (κ3) is 3.13. The number of carbonyl (C=O) groups is 1. The second kappa shape index (κ2) is 5.67. The molecule has 3 saturated heterocycles. The molecule has 3 rings (SSSR count). The van der Waals surface area contributed by atoms with Gasteiger partial charge in [-0.3, -0.25) is 9.69 Å². The summed E-state index contributed by atoms with van der Waals surface area (Å²) in [7, 11) is 1.40. The molecule has 23 heavy (non-hydrogen) atoms. The van der Waals surface area contributed by atoms with Crippen LogP contribution < -0.4 is 0 Å². The predicted octanol–water partition coefficient (Wildman–Crippen LogP) is 0.904. The molecule has 0 bridgehead atoms. The van der Waals surface area contributed by atoms with Crippen molar-refractivity contribution in [2.75, 3.05) is 20.3 Å². The van der Waals surface area contributed by atoms with Crippen LogP contribution in [0.4, 0.5) is 0 Å². The lowest BCUT2D eigenvalue weighted by molar-refractivity contribution is -0.182. The van der Waals surface area contributed by atoms with Crippen molar-refractivity contribution in [1.82, 2.24) is 4.90 Å². The van der Waals surface area contributed by atoms with E-state index in [0.717, 1.165) is 0 Å². The van der Waals surface area contributed by atoms with Crippen molar-refractivity contribution in [2.45, 2.75) is 76.6 Å². The number of hydrogen-bond acceptors (Lipinski definition) is 7. The predicted molar refractivity (Wildman–Crippen MR) is 80.7 cm³/mol. The number of rotatable bonds is 3. The third-order valence-electron chi connectivity index (χ3n) is 4.78. The highest BCUT2D eigenvalue weighted by Crippen LogP contribution is 2.41. The quantitative estimate of drug-likeness (QED) is 0.713. The number of fused-ring (bicyclic) bond motifs is 1. The lowest BCUT2D eigenvalue weighted by Crippen LogP contribution is -2.53. The summed E-state index contributed by atoms with van der Waals surface area (Å²) in [5.74, 6) is -1.52. The second-order valence-corrected chi connectivity index (χ2v) is 7.39. The van der Waals surface area contributed by atoms with E-state index in [2.05, 4.69) is 4.90 Å².